The Hall–Kier alpha value is -4.78. The number of hydrogen-bond donors (Lipinski definition) is 2. The fraction of sp³-hybridized carbons (Fsp3) is 0.400. The number of carbonyl (C=O) groups excluding carboxylic acids is 2. The zero-order valence-corrected chi connectivity index (χ0v) is 28.5. The van der Waals surface area contributed by atoms with Gasteiger partial charge >= 0.3 is 12.1 Å². The number of ether oxygens (including phenoxy) is 1. The van der Waals surface area contributed by atoms with Gasteiger partial charge in [0.05, 0.1) is 22.1 Å². The molecule has 1 saturated heterocycles. The molecule has 2 aromatic carbocycles. The fourth-order valence-electron chi connectivity index (χ4n) is 5.48. The Kier molecular flexibility index (Phi) is 10.5. The lowest BCUT2D eigenvalue weighted by atomic mass is 9.99. The van der Waals surface area contributed by atoms with Crippen molar-refractivity contribution < 1.29 is 28.6 Å². The molecule has 3 heterocycles. The minimum absolute atomic E-state index is 0.00595. The standard InChI is InChI=1S/C35H40FN5O6S/c1-6-39-18-26(34(44)45)31(42)25-15-27(36)29(16-28(25)39)40-11-13-41(14-12-40)35(46)47-19-23-7-9-24(10-8-23)38-32(43)22(5)30-17-37-33(48-30)21(4)20(2)3/h7-10,15-18,20-22H,6,11-14,19H2,1-5H3,(H,38,43)(H,44,45)/t21-,22+/m0/s1. The van der Waals surface area contributed by atoms with Crippen LogP contribution < -0.4 is 15.6 Å². The number of anilines is 2. The van der Waals surface area contributed by atoms with Crippen LogP contribution in [-0.2, 0) is 22.7 Å². The van der Waals surface area contributed by atoms with Crippen molar-refractivity contribution in [2.24, 2.45) is 5.92 Å². The third kappa shape index (κ3) is 7.35. The number of aromatic carboxylic acids is 1. The van der Waals surface area contributed by atoms with Gasteiger partial charge in [-0.3, -0.25) is 9.59 Å². The molecule has 2 atom stereocenters. The first-order valence-corrected chi connectivity index (χ1v) is 16.8. The van der Waals surface area contributed by atoms with Crippen molar-refractivity contribution in [2.75, 3.05) is 36.4 Å². The highest BCUT2D eigenvalue weighted by Crippen LogP contribution is 2.32. The van der Waals surface area contributed by atoms with Crippen molar-refractivity contribution in [1.29, 1.82) is 0 Å². The van der Waals surface area contributed by atoms with Crippen LogP contribution in [0.1, 0.15) is 72.3 Å². The summed E-state index contributed by atoms with van der Waals surface area (Å²) in [6.45, 7) is 11.8. The molecular weight excluding hydrogens is 637 g/mol. The van der Waals surface area contributed by atoms with Gasteiger partial charge in [0.2, 0.25) is 11.3 Å². The van der Waals surface area contributed by atoms with E-state index in [2.05, 4.69) is 31.1 Å². The van der Waals surface area contributed by atoms with Crippen LogP contribution in [0.3, 0.4) is 0 Å². The summed E-state index contributed by atoms with van der Waals surface area (Å²) in [5.74, 6) is -1.68. The van der Waals surface area contributed by atoms with Gasteiger partial charge in [-0.2, -0.15) is 0 Å². The van der Waals surface area contributed by atoms with Crippen LogP contribution in [0.15, 0.2) is 53.6 Å². The van der Waals surface area contributed by atoms with Gasteiger partial charge in [0.25, 0.3) is 0 Å². The number of nitrogens with one attached hydrogen (secondary N) is 1. The maximum Gasteiger partial charge on any atom is 0.410 e. The summed E-state index contributed by atoms with van der Waals surface area (Å²) in [6.07, 6.45) is 2.57. The number of hydrogen-bond acceptors (Lipinski definition) is 8. The lowest BCUT2D eigenvalue weighted by Crippen LogP contribution is -2.49. The normalized spacial score (nSPS) is 14.6. The summed E-state index contributed by atoms with van der Waals surface area (Å²) in [5.41, 5.74) is 0.974. The van der Waals surface area contributed by atoms with Gasteiger partial charge in [0.15, 0.2) is 0 Å². The smallest absolute Gasteiger partial charge is 0.410 e. The number of benzene rings is 2. The van der Waals surface area contributed by atoms with Crippen molar-refractivity contribution in [3.63, 3.8) is 0 Å². The summed E-state index contributed by atoms with van der Waals surface area (Å²) < 4.78 is 22.4. The number of halogens is 1. The van der Waals surface area contributed by atoms with E-state index < -0.39 is 28.9 Å². The molecule has 13 heteroatoms. The molecule has 11 nitrogen and oxygen atoms in total. The van der Waals surface area contributed by atoms with Crippen LogP contribution >= 0.6 is 11.3 Å². The van der Waals surface area contributed by atoms with Crippen LogP contribution in [0.4, 0.5) is 20.6 Å². The maximum absolute atomic E-state index is 15.2. The maximum atomic E-state index is 15.2. The van der Waals surface area contributed by atoms with Gasteiger partial charge in [-0.05, 0) is 49.6 Å². The average molecular weight is 678 g/mol. The van der Waals surface area contributed by atoms with E-state index >= 15 is 4.39 Å². The second kappa shape index (κ2) is 14.5. The van der Waals surface area contributed by atoms with Gasteiger partial charge in [-0.25, -0.2) is 19.0 Å². The van der Waals surface area contributed by atoms with Gasteiger partial charge < -0.3 is 29.5 Å². The number of pyridine rings is 1. The highest BCUT2D eigenvalue weighted by molar-refractivity contribution is 7.11. The van der Waals surface area contributed by atoms with Crippen LogP contribution in [0.2, 0.25) is 0 Å². The van der Waals surface area contributed by atoms with E-state index in [0.717, 1.165) is 21.5 Å². The number of aromatic nitrogens is 2. The highest BCUT2D eigenvalue weighted by Gasteiger charge is 2.26. The lowest BCUT2D eigenvalue weighted by Gasteiger charge is -2.35. The van der Waals surface area contributed by atoms with Gasteiger partial charge in [-0.1, -0.05) is 32.9 Å². The molecule has 1 aliphatic heterocycles. The predicted molar refractivity (Wildman–Crippen MR) is 184 cm³/mol. The van der Waals surface area contributed by atoms with Crippen LogP contribution in [0, 0.1) is 11.7 Å². The van der Waals surface area contributed by atoms with Crippen LogP contribution in [-0.4, -0.2) is 63.7 Å². The molecule has 0 aliphatic carbocycles. The molecule has 0 radical (unpaired) electrons. The Morgan fingerprint density at radius 1 is 1.06 bits per heavy atom. The zero-order valence-electron chi connectivity index (χ0n) is 27.7. The highest BCUT2D eigenvalue weighted by atomic mass is 32.1. The van der Waals surface area contributed by atoms with Crippen molar-refractivity contribution in [3.05, 3.63) is 85.8 Å². The van der Waals surface area contributed by atoms with Crippen molar-refractivity contribution >= 4 is 51.6 Å². The molecule has 2 amide bonds. The lowest BCUT2D eigenvalue weighted by molar-refractivity contribution is -0.117. The molecule has 0 saturated carbocycles. The second-order valence-corrected chi connectivity index (χ2v) is 13.4. The second-order valence-electron chi connectivity index (χ2n) is 12.4. The summed E-state index contributed by atoms with van der Waals surface area (Å²) in [5, 5.41) is 13.4. The molecule has 2 N–H and O–H groups in total. The quantitative estimate of drug-likeness (QED) is 0.201. The predicted octanol–water partition coefficient (Wildman–Crippen LogP) is 6.28. The van der Waals surface area contributed by atoms with E-state index in [4.69, 9.17) is 4.74 Å². The number of rotatable bonds is 10. The van der Waals surface area contributed by atoms with Crippen LogP contribution in [0.5, 0.6) is 0 Å². The summed E-state index contributed by atoms with van der Waals surface area (Å²) in [6, 6.07) is 9.77. The summed E-state index contributed by atoms with van der Waals surface area (Å²) >= 11 is 1.57. The topological polar surface area (TPSA) is 134 Å². The van der Waals surface area contributed by atoms with E-state index in [1.807, 2.05) is 13.8 Å². The number of fused-ring (bicyclic) bond motifs is 1. The molecular formula is C35H40FN5O6S. The first-order chi connectivity index (χ1) is 22.9. The molecule has 48 heavy (non-hydrogen) atoms. The number of carboxylic acids is 1. The molecule has 1 aliphatic rings. The molecule has 0 unspecified atom stereocenters. The summed E-state index contributed by atoms with van der Waals surface area (Å²) in [4.78, 5) is 58.7. The zero-order chi connectivity index (χ0) is 34.7. The number of carbonyl (C=O) groups is 3. The average Bonchev–Trinajstić information content (AvgIpc) is 3.57. The van der Waals surface area contributed by atoms with Crippen molar-refractivity contribution in [3.8, 4) is 0 Å². The van der Waals surface area contributed by atoms with E-state index in [0.29, 0.717) is 55.8 Å². The minimum atomic E-state index is -1.36. The van der Waals surface area contributed by atoms with E-state index in [1.165, 1.54) is 6.20 Å². The molecule has 1 fully saturated rings. The fourth-order valence-corrected chi connectivity index (χ4v) is 6.68. The first kappa shape index (κ1) is 34.6. The molecule has 5 rings (SSSR count). The van der Waals surface area contributed by atoms with Gasteiger partial charge in [0.1, 0.15) is 18.0 Å². The van der Waals surface area contributed by atoms with Gasteiger partial charge in [0, 0.05) is 67.0 Å². The number of piperazine rings is 1. The number of thiazole rings is 1. The van der Waals surface area contributed by atoms with E-state index in [1.54, 1.807) is 62.2 Å². The number of amides is 2. The molecule has 0 spiro atoms. The Labute approximate surface area is 282 Å². The Bertz CT molecular complexity index is 1880. The monoisotopic (exact) mass is 677 g/mol. The molecule has 0 bridgehead atoms. The largest absolute Gasteiger partial charge is 0.477 e. The molecule has 254 valence electrons. The minimum Gasteiger partial charge on any atom is -0.477 e. The molecule has 2 aromatic heterocycles. The van der Waals surface area contributed by atoms with E-state index in [-0.39, 0.29) is 29.5 Å². The van der Waals surface area contributed by atoms with Crippen LogP contribution in [0.25, 0.3) is 10.9 Å². The number of nitrogens with zero attached hydrogens (tertiary/aromatic N) is 4. The third-order valence-electron chi connectivity index (χ3n) is 8.93. The van der Waals surface area contributed by atoms with Gasteiger partial charge in [-0.15, -0.1) is 11.3 Å². The SMILES string of the molecule is CCn1cc(C(=O)O)c(=O)c2cc(F)c(N3CCN(C(=O)OCc4ccc(NC(=O)[C@H](C)c5cnc([C@@H](C)C(C)C)s5)cc4)CC3)cc21. The molecule has 4 aromatic rings. The Morgan fingerprint density at radius 2 is 1.75 bits per heavy atom. The third-order valence-corrected chi connectivity index (χ3v) is 10.3. The Balaban J connectivity index is 1.13. The van der Waals surface area contributed by atoms with E-state index in [9.17, 15) is 24.3 Å². The van der Waals surface area contributed by atoms with Crippen molar-refractivity contribution in [2.45, 2.75) is 59.6 Å². The van der Waals surface area contributed by atoms with Crippen molar-refractivity contribution in [1.82, 2.24) is 14.5 Å². The Morgan fingerprint density at radius 3 is 2.38 bits per heavy atom. The number of aryl methyl sites for hydroxylation is 1. The first-order valence-electron chi connectivity index (χ1n) is 16.0. The number of carboxylic acid groups (broad SMARTS) is 1. The summed E-state index contributed by atoms with van der Waals surface area (Å²) in [7, 11) is 0.